The summed E-state index contributed by atoms with van der Waals surface area (Å²) in [5.41, 5.74) is 0.261. The normalized spacial score (nSPS) is 17.8. The van der Waals surface area contributed by atoms with Gasteiger partial charge in [-0.25, -0.2) is 4.79 Å². The minimum atomic E-state index is -0.372. The van der Waals surface area contributed by atoms with Gasteiger partial charge in [0.2, 0.25) is 0 Å². The van der Waals surface area contributed by atoms with Crippen LogP contribution >= 0.6 is 0 Å². The van der Waals surface area contributed by atoms with E-state index in [9.17, 15) is 4.79 Å². The Balaban J connectivity index is 1.65. The molecule has 0 amide bonds. The number of benzene rings is 1. The van der Waals surface area contributed by atoms with Gasteiger partial charge in [0.05, 0.1) is 31.0 Å². The molecule has 0 radical (unpaired) electrons. The zero-order valence-corrected chi connectivity index (χ0v) is 17.9. The van der Waals surface area contributed by atoms with Crippen molar-refractivity contribution >= 4 is 18.6 Å². The summed E-state index contributed by atoms with van der Waals surface area (Å²) in [5, 5.41) is 0. The van der Waals surface area contributed by atoms with Crippen LogP contribution in [0.25, 0.3) is 0 Å². The topological polar surface area (TPSA) is 63.2 Å². The third kappa shape index (κ3) is 6.50. The van der Waals surface area contributed by atoms with Gasteiger partial charge in [0.25, 0.3) is 0 Å². The van der Waals surface area contributed by atoms with E-state index in [1.807, 2.05) is 65.8 Å². The Morgan fingerprint density at radius 3 is 2.21 bits per heavy atom. The second-order valence-electron chi connectivity index (χ2n) is 8.49. The highest BCUT2D eigenvalue weighted by Gasteiger charge is 2.51. The molecule has 0 aliphatic carbocycles. The summed E-state index contributed by atoms with van der Waals surface area (Å²) in [5.74, 6) is 0.776. The summed E-state index contributed by atoms with van der Waals surface area (Å²) in [4.78, 5) is 11.4. The summed E-state index contributed by atoms with van der Waals surface area (Å²) in [6, 6.07) is 7.73. The van der Waals surface area contributed by atoms with E-state index in [0.717, 1.165) is 11.2 Å². The second kappa shape index (κ2) is 9.77. The minimum Gasteiger partial charge on any atom is -0.494 e. The van der Waals surface area contributed by atoms with Gasteiger partial charge in [0.1, 0.15) is 12.4 Å². The predicted octanol–water partition coefficient (Wildman–Crippen LogP) is 2.97. The van der Waals surface area contributed by atoms with Crippen LogP contribution in [0.1, 0.15) is 48.0 Å². The third-order valence-corrected chi connectivity index (χ3v) is 4.90. The van der Waals surface area contributed by atoms with Gasteiger partial charge >= 0.3 is 13.1 Å². The van der Waals surface area contributed by atoms with Crippen LogP contribution in [0.3, 0.4) is 0 Å². The van der Waals surface area contributed by atoms with Gasteiger partial charge in [-0.15, -0.1) is 0 Å². The summed E-state index contributed by atoms with van der Waals surface area (Å²) in [7, 11) is -0.372. The minimum absolute atomic E-state index is 0.0184. The van der Waals surface area contributed by atoms with E-state index in [4.69, 9.17) is 23.5 Å². The fourth-order valence-electron chi connectivity index (χ4n) is 2.51. The van der Waals surface area contributed by atoms with Crippen molar-refractivity contribution in [3.63, 3.8) is 0 Å². The van der Waals surface area contributed by atoms with Crippen molar-refractivity contribution in [3.8, 4) is 5.75 Å². The highest BCUT2D eigenvalue weighted by molar-refractivity contribution is 6.62. The molecule has 156 valence electrons. The van der Waals surface area contributed by atoms with Gasteiger partial charge in [-0.2, -0.15) is 0 Å². The van der Waals surface area contributed by atoms with Crippen LogP contribution in [0.4, 0.5) is 0 Å². The maximum Gasteiger partial charge on any atom is 0.494 e. The first-order valence-electron chi connectivity index (χ1n) is 9.92. The smallest absolute Gasteiger partial charge is 0.494 e. The molecule has 0 spiro atoms. The van der Waals surface area contributed by atoms with E-state index in [0.29, 0.717) is 32.2 Å². The van der Waals surface area contributed by atoms with Crippen molar-refractivity contribution in [1.29, 1.82) is 0 Å². The highest BCUT2D eigenvalue weighted by atomic mass is 16.7. The summed E-state index contributed by atoms with van der Waals surface area (Å²) in [6.07, 6.45) is 0.691. The predicted molar refractivity (Wildman–Crippen MR) is 109 cm³/mol. The Bertz CT molecular complexity index is 610. The molecular weight excluding hydrogens is 359 g/mol. The van der Waals surface area contributed by atoms with Crippen molar-refractivity contribution < 1.29 is 28.3 Å². The van der Waals surface area contributed by atoms with Gasteiger partial charge < -0.3 is 23.5 Å². The van der Waals surface area contributed by atoms with Crippen molar-refractivity contribution in [2.75, 3.05) is 26.4 Å². The lowest BCUT2D eigenvalue weighted by Crippen LogP contribution is -2.41. The summed E-state index contributed by atoms with van der Waals surface area (Å²) in [6.45, 7) is 13.5. The van der Waals surface area contributed by atoms with Crippen molar-refractivity contribution in [2.45, 2.75) is 59.2 Å². The van der Waals surface area contributed by atoms with Crippen LogP contribution in [0.15, 0.2) is 24.3 Å². The number of rotatable bonds is 10. The Hall–Kier alpha value is -1.57. The maximum absolute atomic E-state index is 11.4. The van der Waals surface area contributed by atoms with E-state index < -0.39 is 0 Å². The van der Waals surface area contributed by atoms with Crippen LogP contribution in [-0.2, 0) is 23.6 Å². The molecule has 28 heavy (non-hydrogen) atoms. The maximum atomic E-state index is 11.4. The zero-order chi connectivity index (χ0) is 20.8. The quantitative estimate of drug-likeness (QED) is 0.347. The molecule has 1 aromatic rings. The second-order valence-corrected chi connectivity index (χ2v) is 8.49. The number of carbonyl (C=O) groups is 1. The lowest BCUT2D eigenvalue weighted by Gasteiger charge is -2.32. The molecule has 7 heteroatoms. The first-order chi connectivity index (χ1) is 13.1. The number of esters is 1. The van der Waals surface area contributed by atoms with E-state index in [2.05, 4.69) is 0 Å². The van der Waals surface area contributed by atoms with Gasteiger partial charge in [0, 0.05) is 6.42 Å². The van der Waals surface area contributed by atoms with E-state index in [1.54, 1.807) is 0 Å². The van der Waals surface area contributed by atoms with Crippen LogP contribution in [0.5, 0.6) is 5.75 Å². The molecule has 6 nitrogen and oxygen atoms in total. The first kappa shape index (κ1) is 22.7. The molecular formula is C21H33BO6. The molecule has 1 aliphatic rings. The standard InChI is InChI=1S/C21H33BO6/c1-16(2)14-26-19(23)15-24-12-7-13-25-18-10-8-17(9-11-18)22-27-20(3,4)21(5,6)28-22/h8-11,16H,7,12-15H2,1-6H3. The van der Waals surface area contributed by atoms with Gasteiger partial charge in [0.15, 0.2) is 0 Å². The van der Waals surface area contributed by atoms with Crippen molar-refractivity contribution in [3.05, 3.63) is 24.3 Å². The lowest BCUT2D eigenvalue weighted by atomic mass is 9.79. The molecule has 0 aromatic heterocycles. The molecule has 0 atom stereocenters. The summed E-state index contributed by atoms with van der Waals surface area (Å²) < 4.78 is 28.2. The third-order valence-electron chi connectivity index (χ3n) is 4.90. The monoisotopic (exact) mass is 392 g/mol. The van der Waals surface area contributed by atoms with Gasteiger partial charge in [-0.1, -0.05) is 26.0 Å². The van der Waals surface area contributed by atoms with E-state index in [-0.39, 0.29) is 30.9 Å². The van der Waals surface area contributed by atoms with Crippen LogP contribution in [0, 0.1) is 5.92 Å². The van der Waals surface area contributed by atoms with Gasteiger partial charge in [-0.05, 0) is 51.2 Å². The molecule has 1 aromatic carbocycles. The molecule has 1 fully saturated rings. The number of ether oxygens (including phenoxy) is 3. The van der Waals surface area contributed by atoms with Gasteiger partial charge in [-0.3, -0.25) is 0 Å². The van der Waals surface area contributed by atoms with E-state index >= 15 is 0 Å². The summed E-state index contributed by atoms with van der Waals surface area (Å²) >= 11 is 0. The largest absolute Gasteiger partial charge is 0.494 e. The number of carbonyl (C=O) groups excluding carboxylic acids is 1. The average Bonchev–Trinajstić information content (AvgIpc) is 2.84. The Labute approximate surface area is 169 Å². The Morgan fingerprint density at radius 2 is 1.64 bits per heavy atom. The SMILES string of the molecule is CC(C)COC(=O)COCCCOc1ccc(B2OC(C)(C)C(C)(C)O2)cc1. The zero-order valence-electron chi connectivity index (χ0n) is 17.9. The fraction of sp³-hybridized carbons (Fsp3) is 0.667. The Morgan fingerprint density at radius 1 is 1.04 bits per heavy atom. The molecule has 0 bridgehead atoms. The number of hydrogen-bond donors (Lipinski definition) is 0. The molecule has 0 saturated carbocycles. The molecule has 1 saturated heterocycles. The van der Waals surface area contributed by atoms with Crippen LogP contribution in [-0.4, -0.2) is 50.7 Å². The first-order valence-corrected chi connectivity index (χ1v) is 9.92. The molecule has 0 unspecified atom stereocenters. The number of hydrogen-bond acceptors (Lipinski definition) is 6. The average molecular weight is 392 g/mol. The molecule has 0 N–H and O–H groups in total. The fourth-order valence-corrected chi connectivity index (χ4v) is 2.51. The Kier molecular flexibility index (Phi) is 7.92. The van der Waals surface area contributed by atoms with Crippen LogP contribution in [0.2, 0.25) is 0 Å². The lowest BCUT2D eigenvalue weighted by molar-refractivity contribution is -0.150. The van der Waals surface area contributed by atoms with E-state index in [1.165, 1.54) is 0 Å². The molecule has 1 heterocycles. The van der Waals surface area contributed by atoms with Crippen LogP contribution < -0.4 is 10.2 Å². The van der Waals surface area contributed by atoms with Crippen molar-refractivity contribution in [2.24, 2.45) is 5.92 Å². The van der Waals surface area contributed by atoms with Crippen molar-refractivity contribution in [1.82, 2.24) is 0 Å². The molecule has 2 rings (SSSR count). The molecule has 1 aliphatic heterocycles. The highest BCUT2D eigenvalue weighted by Crippen LogP contribution is 2.36.